The van der Waals surface area contributed by atoms with Gasteiger partial charge in [0.15, 0.2) is 0 Å². The first-order valence-corrected chi connectivity index (χ1v) is 10.2. The van der Waals surface area contributed by atoms with Crippen LogP contribution in [-0.2, 0) is 11.2 Å². The number of rotatable bonds is 7. The average molecular weight is 412 g/mol. The van der Waals surface area contributed by atoms with Crippen molar-refractivity contribution in [1.29, 1.82) is 5.26 Å². The fraction of sp³-hybridized carbons (Fsp3) is 0.231. The zero-order chi connectivity index (χ0) is 22.1. The van der Waals surface area contributed by atoms with E-state index in [1.54, 1.807) is 23.1 Å². The van der Waals surface area contributed by atoms with Gasteiger partial charge in [0.2, 0.25) is 0 Å². The molecule has 0 saturated carbocycles. The Morgan fingerprint density at radius 3 is 2.55 bits per heavy atom. The molecule has 1 saturated heterocycles. The maximum absolute atomic E-state index is 12.9. The van der Waals surface area contributed by atoms with Crippen molar-refractivity contribution in [1.82, 2.24) is 4.90 Å². The number of nitriles is 1. The van der Waals surface area contributed by atoms with Crippen molar-refractivity contribution < 1.29 is 9.53 Å². The van der Waals surface area contributed by atoms with E-state index >= 15 is 0 Å². The Labute approximate surface area is 183 Å². The van der Waals surface area contributed by atoms with Gasteiger partial charge < -0.3 is 14.5 Å². The Balaban J connectivity index is 1.72. The summed E-state index contributed by atoms with van der Waals surface area (Å²) in [5, 5.41) is 9.62. The highest BCUT2D eigenvalue weighted by atomic mass is 16.5. The number of carbonyl (C=O) groups excluding carboxylic acids is 1. The molecule has 5 nitrogen and oxygen atoms in total. The lowest BCUT2D eigenvalue weighted by Gasteiger charge is -2.36. The third kappa shape index (κ3) is 5.56. The van der Waals surface area contributed by atoms with Crippen LogP contribution in [0.15, 0.2) is 66.8 Å². The van der Waals surface area contributed by atoms with Crippen LogP contribution in [0.1, 0.15) is 11.1 Å². The molecule has 0 aliphatic carbocycles. The lowest BCUT2D eigenvalue weighted by molar-refractivity contribution is -0.126. The number of piperazine rings is 1. The first-order chi connectivity index (χ1) is 15.2. The van der Waals surface area contributed by atoms with Gasteiger partial charge in [0.05, 0.1) is 0 Å². The van der Waals surface area contributed by atoms with Crippen LogP contribution in [0.4, 0.5) is 5.69 Å². The summed E-state index contributed by atoms with van der Waals surface area (Å²) in [5.41, 5.74) is 2.93. The van der Waals surface area contributed by atoms with Crippen LogP contribution in [0.25, 0.3) is 6.08 Å². The molecule has 5 heteroatoms. The predicted molar refractivity (Wildman–Crippen MR) is 123 cm³/mol. The van der Waals surface area contributed by atoms with Gasteiger partial charge in [-0.05, 0) is 47.9 Å². The quantitative estimate of drug-likeness (QED) is 0.302. The summed E-state index contributed by atoms with van der Waals surface area (Å²) in [5.74, 6) is 2.88. The van der Waals surface area contributed by atoms with E-state index in [0.717, 1.165) is 29.9 Å². The summed E-state index contributed by atoms with van der Waals surface area (Å²) in [4.78, 5) is 16.9. The molecule has 1 aliphatic heterocycles. The van der Waals surface area contributed by atoms with Crippen LogP contribution in [0.3, 0.4) is 0 Å². The van der Waals surface area contributed by atoms with Crippen molar-refractivity contribution in [2.45, 2.75) is 6.42 Å². The maximum atomic E-state index is 12.9. The first kappa shape index (κ1) is 21.7. The van der Waals surface area contributed by atoms with Crippen molar-refractivity contribution in [2.24, 2.45) is 0 Å². The molecular weight excluding hydrogens is 386 g/mol. The van der Waals surface area contributed by atoms with E-state index in [0.29, 0.717) is 25.3 Å². The van der Waals surface area contributed by atoms with Gasteiger partial charge in [-0.15, -0.1) is 13.0 Å². The Morgan fingerprint density at radius 1 is 1.16 bits per heavy atom. The van der Waals surface area contributed by atoms with Gasteiger partial charge in [0.25, 0.3) is 5.91 Å². The molecule has 2 aromatic carbocycles. The number of anilines is 1. The summed E-state index contributed by atoms with van der Waals surface area (Å²) in [6.07, 6.45) is 9.27. The van der Waals surface area contributed by atoms with E-state index in [2.05, 4.69) is 35.6 Å². The second-order valence-corrected chi connectivity index (χ2v) is 7.14. The molecule has 0 radical (unpaired) electrons. The van der Waals surface area contributed by atoms with Crippen LogP contribution in [0.2, 0.25) is 0 Å². The van der Waals surface area contributed by atoms with Gasteiger partial charge >= 0.3 is 0 Å². The Morgan fingerprint density at radius 2 is 1.90 bits per heavy atom. The standard InChI is InChI=1S/C26H25N3O2/c1-3-8-22-18-21(11-12-25(22)31-17-4-2)19-23(20-27)26(30)29-15-13-28(14-16-29)24-9-6-5-7-10-24/h2-3,5-7,9-12,18-19H,1,8,13-17H2/b23-19-. The molecule has 2 aromatic rings. The smallest absolute Gasteiger partial charge is 0.264 e. The fourth-order valence-electron chi connectivity index (χ4n) is 3.55. The van der Waals surface area contributed by atoms with Gasteiger partial charge in [0, 0.05) is 31.9 Å². The first-order valence-electron chi connectivity index (χ1n) is 10.2. The zero-order valence-corrected chi connectivity index (χ0v) is 17.5. The minimum Gasteiger partial charge on any atom is -0.481 e. The summed E-state index contributed by atoms with van der Waals surface area (Å²) in [7, 11) is 0. The lowest BCUT2D eigenvalue weighted by atomic mass is 10.0. The van der Waals surface area contributed by atoms with E-state index in [-0.39, 0.29) is 18.1 Å². The lowest BCUT2D eigenvalue weighted by Crippen LogP contribution is -2.49. The second-order valence-electron chi connectivity index (χ2n) is 7.14. The molecule has 1 heterocycles. The number of hydrogen-bond acceptors (Lipinski definition) is 4. The highest BCUT2D eigenvalue weighted by molar-refractivity contribution is 6.01. The Kier molecular flexibility index (Phi) is 7.51. The van der Waals surface area contributed by atoms with Crippen molar-refractivity contribution in [3.8, 4) is 24.2 Å². The Hall–Kier alpha value is -3.96. The van der Waals surface area contributed by atoms with Gasteiger partial charge in [-0.3, -0.25) is 4.79 Å². The van der Waals surface area contributed by atoms with Crippen molar-refractivity contribution >= 4 is 17.7 Å². The number of terminal acetylenes is 1. The van der Waals surface area contributed by atoms with E-state index < -0.39 is 0 Å². The molecule has 0 aromatic heterocycles. The predicted octanol–water partition coefficient (Wildman–Crippen LogP) is 3.68. The maximum Gasteiger partial charge on any atom is 0.264 e. The van der Waals surface area contributed by atoms with Crippen LogP contribution in [0.5, 0.6) is 5.75 Å². The van der Waals surface area contributed by atoms with Crippen LogP contribution < -0.4 is 9.64 Å². The third-order valence-electron chi connectivity index (χ3n) is 5.11. The second kappa shape index (κ2) is 10.7. The van der Waals surface area contributed by atoms with Gasteiger partial charge in [-0.2, -0.15) is 5.26 Å². The Bertz CT molecular complexity index is 1040. The van der Waals surface area contributed by atoms with Crippen molar-refractivity contribution in [3.63, 3.8) is 0 Å². The van der Waals surface area contributed by atoms with Crippen molar-refractivity contribution in [3.05, 3.63) is 77.9 Å². The molecule has 0 spiro atoms. The van der Waals surface area contributed by atoms with Gasteiger partial charge in [0.1, 0.15) is 24.0 Å². The molecule has 156 valence electrons. The minimum atomic E-state index is -0.242. The zero-order valence-electron chi connectivity index (χ0n) is 17.5. The summed E-state index contributed by atoms with van der Waals surface area (Å²) < 4.78 is 5.56. The molecule has 0 bridgehead atoms. The van der Waals surface area contributed by atoms with E-state index in [1.165, 1.54) is 0 Å². The number of nitrogens with zero attached hydrogens (tertiary/aromatic N) is 3. The summed E-state index contributed by atoms with van der Waals surface area (Å²) in [6, 6.07) is 17.7. The number of para-hydroxylation sites is 1. The number of amides is 1. The van der Waals surface area contributed by atoms with Crippen LogP contribution in [-0.4, -0.2) is 43.6 Å². The number of carbonyl (C=O) groups is 1. The number of hydrogen-bond donors (Lipinski definition) is 0. The topological polar surface area (TPSA) is 56.6 Å². The molecule has 0 unspecified atom stereocenters. The molecule has 1 fully saturated rings. The van der Waals surface area contributed by atoms with E-state index in [4.69, 9.17) is 11.2 Å². The summed E-state index contributed by atoms with van der Waals surface area (Å²) in [6.45, 7) is 6.57. The normalized spacial score (nSPS) is 13.8. The van der Waals surface area contributed by atoms with Gasteiger partial charge in [-0.25, -0.2) is 0 Å². The summed E-state index contributed by atoms with van der Waals surface area (Å²) >= 11 is 0. The molecule has 0 atom stereocenters. The molecule has 0 N–H and O–H groups in total. The van der Waals surface area contributed by atoms with E-state index in [1.807, 2.05) is 30.3 Å². The fourth-order valence-corrected chi connectivity index (χ4v) is 3.55. The van der Waals surface area contributed by atoms with Crippen LogP contribution in [0, 0.1) is 23.7 Å². The monoisotopic (exact) mass is 411 g/mol. The molecule has 3 rings (SSSR count). The van der Waals surface area contributed by atoms with Gasteiger partial charge in [-0.1, -0.05) is 36.3 Å². The van der Waals surface area contributed by atoms with Crippen molar-refractivity contribution in [2.75, 3.05) is 37.7 Å². The van der Waals surface area contributed by atoms with E-state index in [9.17, 15) is 10.1 Å². The highest BCUT2D eigenvalue weighted by Crippen LogP contribution is 2.23. The molecule has 1 amide bonds. The number of allylic oxidation sites excluding steroid dienone is 1. The molecular formula is C26H25N3O2. The highest BCUT2D eigenvalue weighted by Gasteiger charge is 2.23. The van der Waals surface area contributed by atoms with Crippen LogP contribution >= 0.6 is 0 Å². The molecule has 1 aliphatic rings. The average Bonchev–Trinajstić information content (AvgIpc) is 2.82. The largest absolute Gasteiger partial charge is 0.481 e. The number of benzene rings is 2. The molecule has 31 heavy (non-hydrogen) atoms. The third-order valence-corrected chi connectivity index (χ3v) is 5.11. The number of ether oxygens (including phenoxy) is 1. The minimum absolute atomic E-state index is 0.120. The SMILES string of the molecule is C#CCOc1ccc(/C=C(/C#N)C(=O)N2CCN(c3ccccc3)CC2)cc1CC=C.